The van der Waals surface area contributed by atoms with E-state index in [1.807, 2.05) is 52.0 Å². The van der Waals surface area contributed by atoms with Gasteiger partial charge in [0, 0.05) is 0 Å². The molecule has 0 atom stereocenters. The van der Waals surface area contributed by atoms with E-state index in [0.29, 0.717) is 23.5 Å². The van der Waals surface area contributed by atoms with Crippen LogP contribution < -0.4 is 0 Å². The van der Waals surface area contributed by atoms with Gasteiger partial charge in [-0.15, -0.1) is 23.5 Å². The molecule has 0 saturated heterocycles. The molecule has 4 heterocycles. The number of nitrogens with zero attached hydrogens (tertiary/aromatic N) is 8. The van der Waals surface area contributed by atoms with E-state index in [4.69, 9.17) is 0 Å². The van der Waals surface area contributed by atoms with Gasteiger partial charge in [-0.3, -0.25) is 0 Å². The van der Waals surface area contributed by atoms with E-state index in [9.17, 15) is 0 Å². The van der Waals surface area contributed by atoms with Gasteiger partial charge in [0.25, 0.3) is 0 Å². The summed E-state index contributed by atoms with van der Waals surface area (Å²) in [7, 11) is 0. The maximum atomic E-state index is 4.63. The van der Waals surface area contributed by atoms with Gasteiger partial charge in [0.05, 0.1) is 5.41 Å². The molecule has 0 N–H and O–H groups in total. The van der Waals surface area contributed by atoms with E-state index in [2.05, 4.69) is 42.3 Å². The van der Waals surface area contributed by atoms with Gasteiger partial charge in [-0.1, -0.05) is 26.2 Å². The van der Waals surface area contributed by atoms with Crippen LogP contribution in [0.3, 0.4) is 0 Å². The summed E-state index contributed by atoms with van der Waals surface area (Å²) < 4.78 is 3.58. The minimum absolute atomic E-state index is 0. The number of hydrogen-bond donors (Lipinski definition) is 0. The Kier molecular flexibility index (Phi) is 5.50. The summed E-state index contributed by atoms with van der Waals surface area (Å²) in [6.07, 6.45) is 9.18. The Bertz CT molecular complexity index is 1010. The molecule has 0 aliphatic carbocycles. The predicted molar refractivity (Wildman–Crippen MR) is 97.6 cm³/mol. The van der Waals surface area contributed by atoms with Crippen molar-refractivity contribution in [2.45, 2.75) is 33.1 Å². The summed E-state index contributed by atoms with van der Waals surface area (Å²) in [6.45, 7) is 7.89. The van der Waals surface area contributed by atoms with Crippen LogP contribution in [0, 0.1) is 26.2 Å². The van der Waals surface area contributed by atoms with Crippen LogP contribution in [-0.4, -0.2) is 39.0 Å². The monoisotopic (exact) mass is 464 g/mol. The molecule has 0 saturated carbocycles. The average molecular weight is 465 g/mol. The predicted octanol–water partition coefficient (Wildman–Crippen LogP) is 2.18. The molecule has 0 fully saturated rings. The summed E-state index contributed by atoms with van der Waals surface area (Å²) in [6, 6.07) is 7.56. The van der Waals surface area contributed by atoms with Gasteiger partial charge in [0.2, 0.25) is 0 Å². The van der Waals surface area contributed by atoms with Crippen LogP contribution in [0.15, 0.2) is 36.9 Å². The molecule has 9 heteroatoms. The summed E-state index contributed by atoms with van der Waals surface area (Å²) in [4.78, 5) is 26.5. The molecule has 0 unspecified atom stereocenters. The van der Waals surface area contributed by atoms with E-state index in [0.717, 1.165) is 11.4 Å². The second-order valence-corrected chi connectivity index (χ2v) is 6.72. The molecule has 0 aliphatic rings. The van der Waals surface area contributed by atoms with Gasteiger partial charge in [-0.05, 0) is 13.8 Å². The Labute approximate surface area is 176 Å². The van der Waals surface area contributed by atoms with E-state index in [-0.39, 0.29) is 20.4 Å². The fourth-order valence-electron chi connectivity index (χ4n) is 2.74. The van der Waals surface area contributed by atoms with Crippen LogP contribution >= 0.6 is 0 Å². The van der Waals surface area contributed by atoms with Crippen LogP contribution in [-0.2, 0) is 25.8 Å². The van der Waals surface area contributed by atoms with Crippen LogP contribution in [0.4, 0.5) is 0 Å². The van der Waals surface area contributed by atoms with Crippen molar-refractivity contribution in [2.75, 3.05) is 0 Å². The van der Waals surface area contributed by atoms with Crippen molar-refractivity contribution < 1.29 is 20.4 Å². The number of aryl methyl sites for hydroxylation is 2. The first kappa shape index (κ1) is 20.0. The molecule has 4 rings (SSSR count). The Balaban J connectivity index is 0.00000225. The SMILES string of the molecule is Cc1cc[c-]n1-c1ncnc(C(C)(C)c2ncnc(-n3[c-]ccc3C)n2)n1.[Pd+2]. The molecule has 0 radical (unpaired) electrons. The molecule has 0 spiro atoms. The van der Waals surface area contributed by atoms with E-state index >= 15 is 0 Å². The van der Waals surface area contributed by atoms with Gasteiger partial charge >= 0.3 is 20.4 Å². The van der Waals surface area contributed by atoms with Gasteiger partial charge < -0.3 is 9.13 Å². The Morgan fingerprint density at radius 3 is 1.54 bits per heavy atom. The van der Waals surface area contributed by atoms with Gasteiger partial charge in [0.15, 0.2) is 11.9 Å². The van der Waals surface area contributed by atoms with Crippen molar-refractivity contribution in [3.05, 3.63) is 72.4 Å². The number of hydrogen-bond acceptors (Lipinski definition) is 6. The van der Waals surface area contributed by atoms with Crippen LogP contribution in [0.25, 0.3) is 11.9 Å². The summed E-state index contributed by atoms with van der Waals surface area (Å²) >= 11 is 0. The van der Waals surface area contributed by atoms with Gasteiger partial charge in [-0.25, -0.2) is 29.9 Å². The number of aromatic nitrogens is 8. The average Bonchev–Trinajstić information content (AvgIpc) is 3.30. The molecule has 144 valence electrons. The molecule has 0 aliphatic heterocycles. The zero-order valence-corrected chi connectivity index (χ0v) is 17.4. The minimum Gasteiger partial charge on any atom is -0.417 e. The fraction of sp³-hybridized carbons (Fsp3) is 0.263. The fourth-order valence-corrected chi connectivity index (χ4v) is 2.74. The molecule has 28 heavy (non-hydrogen) atoms. The summed E-state index contributed by atoms with van der Waals surface area (Å²) in [5, 5.41) is 0. The largest absolute Gasteiger partial charge is 2.00 e. The van der Waals surface area contributed by atoms with Crippen molar-refractivity contribution in [1.82, 2.24) is 39.0 Å². The molecular formula is C19H18N8Pd. The smallest absolute Gasteiger partial charge is 0.417 e. The first-order chi connectivity index (χ1) is 13.0. The quantitative estimate of drug-likeness (QED) is 0.340. The number of rotatable bonds is 4. The molecule has 0 bridgehead atoms. The third-order valence-corrected chi connectivity index (χ3v) is 4.40. The summed E-state index contributed by atoms with van der Waals surface area (Å²) in [5.74, 6) is 2.16. The second kappa shape index (κ2) is 7.70. The van der Waals surface area contributed by atoms with Crippen LogP contribution in [0.5, 0.6) is 0 Å². The molecule has 0 aromatic carbocycles. The maximum absolute atomic E-state index is 4.63. The normalized spacial score (nSPS) is 11.3. The van der Waals surface area contributed by atoms with Gasteiger partial charge in [0.1, 0.15) is 24.3 Å². The Hall–Kier alpha value is -2.76. The third kappa shape index (κ3) is 3.51. The Morgan fingerprint density at radius 2 is 1.18 bits per heavy atom. The first-order valence-electron chi connectivity index (χ1n) is 8.48. The summed E-state index contributed by atoms with van der Waals surface area (Å²) in [5.41, 5.74) is 1.34. The van der Waals surface area contributed by atoms with E-state index in [1.165, 1.54) is 12.7 Å². The molecule has 4 aromatic rings. The second-order valence-electron chi connectivity index (χ2n) is 6.72. The zero-order chi connectivity index (χ0) is 19.0. The Morgan fingerprint density at radius 1 is 0.750 bits per heavy atom. The van der Waals surface area contributed by atoms with Crippen molar-refractivity contribution in [3.8, 4) is 11.9 Å². The molecule has 8 nitrogen and oxygen atoms in total. The van der Waals surface area contributed by atoms with Crippen molar-refractivity contribution >= 4 is 0 Å². The van der Waals surface area contributed by atoms with Crippen LogP contribution in [0.2, 0.25) is 0 Å². The van der Waals surface area contributed by atoms with Crippen LogP contribution in [0.1, 0.15) is 36.9 Å². The van der Waals surface area contributed by atoms with E-state index in [1.54, 1.807) is 9.13 Å². The topological polar surface area (TPSA) is 87.2 Å². The van der Waals surface area contributed by atoms with Crippen molar-refractivity contribution in [1.29, 1.82) is 0 Å². The van der Waals surface area contributed by atoms with Gasteiger partial charge in [-0.2, -0.15) is 12.1 Å². The first-order valence-corrected chi connectivity index (χ1v) is 8.48. The molecule has 0 amide bonds. The minimum atomic E-state index is -0.641. The molecular weight excluding hydrogens is 447 g/mol. The maximum Gasteiger partial charge on any atom is 2.00 e. The van der Waals surface area contributed by atoms with Crippen molar-refractivity contribution in [3.63, 3.8) is 0 Å². The zero-order valence-electron chi connectivity index (χ0n) is 15.9. The standard InChI is InChI=1S/C19H18N8.Pd/c1-13-7-5-9-26(13)17-22-11-20-15(24-17)19(3,4)16-21-12-23-18(25-16)27-10-6-8-14(27)2;/h5-8,11-12H,1-4H3;/q-2;+2. The third-order valence-electron chi connectivity index (χ3n) is 4.40. The van der Waals surface area contributed by atoms with Crippen molar-refractivity contribution in [2.24, 2.45) is 0 Å². The molecule has 4 aromatic heterocycles. The van der Waals surface area contributed by atoms with E-state index < -0.39 is 5.41 Å².